The minimum absolute atomic E-state index is 0.258. The second kappa shape index (κ2) is 8.06. The van der Waals surface area contributed by atoms with Gasteiger partial charge < -0.3 is 8.98 Å². The molecule has 0 aliphatic carbocycles. The monoisotopic (exact) mass is 395 g/mol. The average molecular weight is 395 g/mol. The van der Waals surface area contributed by atoms with Crippen molar-refractivity contribution in [2.24, 2.45) is 0 Å². The highest BCUT2D eigenvalue weighted by Crippen LogP contribution is 2.29. The molecule has 1 atom stereocenters. The highest BCUT2D eigenvalue weighted by Gasteiger charge is 2.27. The molecule has 2 aliphatic heterocycles. The van der Waals surface area contributed by atoms with Gasteiger partial charge >= 0.3 is 0 Å². The summed E-state index contributed by atoms with van der Waals surface area (Å²) in [4.78, 5) is 7.04. The molecule has 0 spiro atoms. The van der Waals surface area contributed by atoms with Crippen molar-refractivity contribution in [1.29, 1.82) is 0 Å². The Hall–Kier alpha value is -2.54. The highest BCUT2D eigenvalue weighted by molar-refractivity contribution is 5.52. The van der Waals surface area contributed by atoms with Crippen LogP contribution in [0.4, 0.5) is 4.39 Å². The molecule has 0 bridgehead atoms. The molecule has 0 saturated carbocycles. The predicted molar refractivity (Wildman–Crippen MR) is 107 cm³/mol. The van der Waals surface area contributed by atoms with E-state index in [0.717, 1.165) is 62.5 Å². The van der Waals surface area contributed by atoms with E-state index in [1.165, 1.54) is 37.2 Å². The van der Waals surface area contributed by atoms with Crippen LogP contribution in [0.5, 0.6) is 0 Å². The highest BCUT2D eigenvalue weighted by atomic mass is 19.1. The molecule has 152 valence electrons. The number of aryl methyl sites for hydroxylation is 1. The molecule has 1 saturated heterocycles. The zero-order chi connectivity index (χ0) is 19.6. The summed E-state index contributed by atoms with van der Waals surface area (Å²) in [6.07, 6.45) is 8.79. The van der Waals surface area contributed by atoms with Crippen LogP contribution >= 0.6 is 0 Å². The molecular formula is C22H26FN5O. The Labute approximate surface area is 169 Å². The van der Waals surface area contributed by atoms with Crippen molar-refractivity contribution in [1.82, 2.24) is 24.6 Å². The third kappa shape index (κ3) is 3.96. The molecule has 5 rings (SSSR count). The Morgan fingerprint density at radius 3 is 2.83 bits per heavy atom. The van der Waals surface area contributed by atoms with Gasteiger partial charge in [0.25, 0.3) is 0 Å². The first-order valence-electron chi connectivity index (χ1n) is 10.6. The first-order chi connectivity index (χ1) is 14.3. The van der Waals surface area contributed by atoms with Crippen LogP contribution < -0.4 is 0 Å². The predicted octanol–water partition coefficient (Wildman–Crippen LogP) is 4.18. The van der Waals surface area contributed by atoms with Crippen molar-refractivity contribution in [2.45, 2.75) is 57.5 Å². The fraction of sp³-hybridized carbons (Fsp3) is 0.500. The zero-order valence-electron chi connectivity index (χ0n) is 16.6. The molecule has 29 heavy (non-hydrogen) atoms. The lowest BCUT2D eigenvalue weighted by Gasteiger charge is -2.31. The van der Waals surface area contributed by atoms with Gasteiger partial charge in [-0.15, -0.1) is 10.2 Å². The summed E-state index contributed by atoms with van der Waals surface area (Å²) in [5.74, 6) is 3.03. The van der Waals surface area contributed by atoms with E-state index in [1.54, 1.807) is 18.4 Å². The van der Waals surface area contributed by atoms with Gasteiger partial charge in [-0.3, -0.25) is 4.90 Å². The molecule has 1 aromatic carbocycles. The molecule has 0 amide bonds. The largest absolute Gasteiger partial charge is 0.444 e. The van der Waals surface area contributed by atoms with E-state index in [2.05, 4.69) is 24.6 Å². The molecule has 6 nitrogen and oxygen atoms in total. The normalized spacial score (nSPS) is 20.4. The summed E-state index contributed by atoms with van der Waals surface area (Å²) < 4.78 is 21.1. The fourth-order valence-electron chi connectivity index (χ4n) is 4.55. The Balaban J connectivity index is 1.27. The standard InChI is InChI=1S/C22H26FN5O/c23-18-9-7-16(8-10-18)22-24-19(15-29-22)14-27-11-4-5-17(13-27)21-26-25-20-6-2-1-3-12-28(20)21/h7-10,15,17H,1-6,11-14H2. The number of aromatic nitrogens is 4. The number of hydrogen-bond donors (Lipinski definition) is 0. The van der Waals surface area contributed by atoms with Crippen molar-refractivity contribution in [2.75, 3.05) is 13.1 Å². The maximum Gasteiger partial charge on any atom is 0.226 e. The molecule has 0 N–H and O–H groups in total. The van der Waals surface area contributed by atoms with Gasteiger partial charge in [-0.1, -0.05) is 6.42 Å². The first kappa shape index (κ1) is 18.5. The number of likely N-dealkylation sites (tertiary alicyclic amines) is 1. The van der Waals surface area contributed by atoms with Gasteiger partial charge in [0.2, 0.25) is 5.89 Å². The quantitative estimate of drug-likeness (QED) is 0.663. The molecule has 2 aromatic heterocycles. The van der Waals surface area contributed by atoms with Gasteiger partial charge in [0.05, 0.1) is 5.69 Å². The summed E-state index contributed by atoms with van der Waals surface area (Å²) in [5, 5.41) is 9.06. The van der Waals surface area contributed by atoms with Gasteiger partial charge in [-0.25, -0.2) is 9.37 Å². The van der Waals surface area contributed by atoms with E-state index in [4.69, 9.17) is 4.42 Å². The molecule has 0 radical (unpaired) electrons. The van der Waals surface area contributed by atoms with Crippen LogP contribution in [-0.2, 0) is 19.5 Å². The van der Waals surface area contributed by atoms with Crippen LogP contribution in [0.2, 0.25) is 0 Å². The molecule has 4 heterocycles. The number of hydrogen-bond acceptors (Lipinski definition) is 5. The summed E-state index contributed by atoms with van der Waals surface area (Å²) >= 11 is 0. The second-order valence-electron chi connectivity index (χ2n) is 8.16. The molecule has 7 heteroatoms. The summed E-state index contributed by atoms with van der Waals surface area (Å²) in [6, 6.07) is 6.24. The summed E-state index contributed by atoms with van der Waals surface area (Å²) in [7, 11) is 0. The minimum Gasteiger partial charge on any atom is -0.444 e. The molecule has 1 unspecified atom stereocenters. The van der Waals surface area contributed by atoms with Crippen molar-refractivity contribution in [3.05, 3.63) is 53.7 Å². The van der Waals surface area contributed by atoms with E-state index in [1.807, 2.05) is 0 Å². The van der Waals surface area contributed by atoms with Gasteiger partial charge in [-0.2, -0.15) is 0 Å². The number of fused-ring (bicyclic) bond motifs is 1. The fourth-order valence-corrected chi connectivity index (χ4v) is 4.55. The smallest absolute Gasteiger partial charge is 0.226 e. The zero-order valence-corrected chi connectivity index (χ0v) is 16.6. The van der Waals surface area contributed by atoms with E-state index in [9.17, 15) is 4.39 Å². The average Bonchev–Trinajstić information content (AvgIpc) is 3.30. The second-order valence-corrected chi connectivity index (χ2v) is 8.16. The topological polar surface area (TPSA) is 60.0 Å². The van der Waals surface area contributed by atoms with Crippen molar-refractivity contribution in [3.8, 4) is 11.5 Å². The van der Waals surface area contributed by atoms with E-state index >= 15 is 0 Å². The SMILES string of the molecule is Fc1ccc(-c2nc(CN3CCCC(c4nnc5n4CCCCC5)C3)co2)cc1. The number of halogens is 1. The van der Waals surface area contributed by atoms with Crippen LogP contribution in [0.15, 0.2) is 34.9 Å². The van der Waals surface area contributed by atoms with Gasteiger partial charge in [0.15, 0.2) is 0 Å². The Bertz CT molecular complexity index is 964. The Kier molecular flexibility index (Phi) is 5.14. The maximum absolute atomic E-state index is 13.1. The van der Waals surface area contributed by atoms with Crippen LogP contribution in [-0.4, -0.2) is 37.7 Å². The van der Waals surface area contributed by atoms with E-state index in [-0.39, 0.29) is 5.82 Å². The van der Waals surface area contributed by atoms with Gasteiger partial charge in [0, 0.05) is 37.5 Å². The molecule has 1 fully saturated rings. The van der Waals surface area contributed by atoms with Crippen LogP contribution in [0, 0.1) is 5.82 Å². The Morgan fingerprint density at radius 1 is 1.03 bits per heavy atom. The van der Waals surface area contributed by atoms with Crippen molar-refractivity contribution in [3.63, 3.8) is 0 Å². The van der Waals surface area contributed by atoms with Crippen molar-refractivity contribution >= 4 is 0 Å². The summed E-state index contributed by atoms with van der Waals surface area (Å²) in [6.45, 7) is 3.83. The molecular weight excluding hydrogens is 369 g/mol. The van der Waals surface area contributed by atoms with Crippen LogP contribution in [0.1, 0.15) is 55.4 Å². The maximum atomic E-state index is 13.1. The van der Waals surface area contributed by atoms with Crippen LogP contribution in [0.25, 0.3) is 11.5 Å². The van der Waals surface area contributed by atoms with Gasteiger partial charge in [-0.05, 0) is 56.5 Å². The number of benzene rings is 1. The molecule has 2 aliphatic rings. The minimum atomic E-state index is -0.258. The van der Waals surface area contributed by atoms with Crippen LogP contribution in [0.3, 0.4) is 0 Å². The lowest BCUT2D eigenvalue weighted by Crippen LogP contribution is -2.35. The summed E-state index contributed by atoms with van der Waals surface area (Å²) in [5.41, 5.74) is 1.70. The Morgan fingerprint density at radius 2 is 1.93 bits per heavy atom. The van der Waals surface area contributed by atoms with Crippen molar-refractivity contribution < 1.29 is 8.81 Å². The number of oxazole rings is 1. The number of piperidine rings is 1. The lowest BCUT2D eigenvalue weighted by atomic mass is 9.97. The third-order valence-corrected chi connectivity index (χ3v) is 6.04. The first-order valence-corrected chi connectivity index (χ1v) is 10.6. The lowest BCUT2D eigenvalue weighted by molar-refractivity contribution is 0.192. The number of rotatable bonds is 4. The van der Waals surface area contributed by atoms with E-state index < -0.39 is 0 Å². The van der Waals surface area contributed by atoms with Gasteiger partial charge in [0.1, 0.15) is 23.7 Å². The molecule has 3 aromatic rings. The third-order valence-electron chi connectivity index (χ3n) is 6.04. The number of nitrogens with zero attached hydrogens (tertiary/aromatic N) is 5. The van der Waals surface area contributed by atoms with E-state index in [0.29, 0.717) is 11.8 Å².